The van der Waals surface area contributed by atoms with E-state index in [9.17, 15) is 8.42 Å². The minimum Gasteiger partial charge on any atom is -0.286 e. The topological polar surface area (TPSA) is 61.2 Å². The third kappa shape index (κ3) is 3.39. The summed E-state index contributed by atoms with van der Waals surface area (Å²) < 4.78 is 29.1. The van der Waals surface area contributed by atoms with Crippen LogP contribution in [0.4, 0.5) is 0 Å². The molecular weight excluding hydrogens is 216 g/mol. The fourth-order valence-electron chi connectivity index (χ4n) is 0.981. The van der Waals surface area contributed by atoms with Crippen LogP contribution >= 0.6 is 0 Å². The maximum atomic E-state index is 11.6. The minimum absolute atomic E-state index is 0.501. The van der Waals surface area contributed by atoms with Gasteiger partial charge in [0.2, 0.25) is 0 Å². The van der Waals surface area contributed by atoms with Crippen molar-refractivity contribution in [1.29, 1.82) is 0 Å². The van der Waals surface area contributed by atoms with Crippen LogP contribution < -0.4 is 4.28 Å². The average Bonchev–Trinajstić information content (AvgIpc) is 2.65. The average molecular weight is 230 g/mol. The summed E-state index contributed by atoms with van der Waals surface area (Å²) in [5, 5.41) is -0.558. The fraction of sp³-hybridized carbons (Fsp3) is 0.444. The van der Waals surface area contributed by atoms with E-state index in [0.29, 0.717) is 12.8 Å². The molecule has 0 amide bonds. The number of hydrogen-bond donors (Lipinski definition) is 0. The first-order valence-corrected chi connectivity index (χ1v) is 6.06. The summed E-state index contributed by atoms with van der Waals surface area (Å²) in [5.74, 6) is 0. The molecule has 15 heavy (non-hydrogen) atoms. The molecule has 0 radical (unpaired) electrons. The molecule has 0 spiro atoms. The van der Waals surface area contributed by atoms with Crippen molar-refractivity contribution in [2.24, 2.45) is 0 Å². The van der Waals surface area contributed by atoms with Gasteiger partial charge in [0.1, 0.15) is 6.33 Å². The monoisotopic (exact) mass is 230 g/mol. The smallest absolute Gasteiger partial charge is 0.286 e. The molecule has 1 unspecified atom stereocenters. The molecule has 1 aromatic rings. The molecular formula is C9H14N2O3S. The lowest BCUT2D eigenvalue weighted by Gasteiger charge is -2.11. The van der Waals surface area contributed by atoms with Gasteiger partial charge in [-0.05, 0) is 19.8 Å². The molecule has 0 aromatic carbocycles. The van der Waals surface area contributed by atoms with Crippen LogP contribution in [0.25, 0.3) is 0 Å². The number of allylic oxidation sites excluding steroid dienone is 1. The Morgan fingerprint density at radius 3 is 2.93 bits per heavy atom. The largest absolute Gasteiger partial charge is 0.329 e. The highest BCUT2D eigenvalue weighted by Crippen LogP contribution is 2.08. The summed E-state index contributed by atoms with van der Waals surface area (Å²) in [7, 11) is -3.58. The normalized spacial score (nSPS) is 13.4. The molecule has 0 aliphatic carbocycles. The van der Waals surface area contributed by atoms with Gasteiger partial charge in [0.25, 0.3) is 0 Å². The molecule has 1 aromatic heterocycles. The third-order valence-electron chi connectivity index (χ3n) is 1.94. The van der Waals surface area contributed by atoms with Crippen molar-refractivity contribution in [3.05, 3.63) is 31.4 Å². The van der Waals surface area contributed by atoms with E-state index in [0.717, 1.165) is 4.73 Å². The van der Waals surface area contributed by atoms with Crippen molar-refractivity contribution >= 4 is 10.1 Å². The van der Waals surface area contributed by atoms with Gasteiger partial charge in [0.05, 0.1) is 11.4 Å². The first-order chi connectivity index (χ1) is 7.06. The van der Waals surface area contributed by atoms with Gasteiger partial charge < -0.3 is 0 Å². The maximum Gasteiger partial charge on any atom is 0.329 e. The Kier molecular flexibility index (Phi) is 3.90. The highest BCUT2D eigenvalue weighted by Gasteiger charge is 2.22. The van der Waals surface area contributed by atoms with Gasteiger partial charge >= 0.3 is 10.1 Å². The summed E-state index contributed by atoms with van der Waals surface area (Å²) >= 11 is 0. The Morgan fingerprint density at radius 2 is 2.40 bits per heavy atom. The van der Waals surface area contributed by atoms with Crippen LogP contribution in [0.1, 0.15) is 19.8 Å². The molecule has 0 aliphatic rings. The number of hydrogen-bond acceptors (Lipinski definition) is 4. The first kappa shape index (κ1) is 11.8. The minimum atomic E-state index is -3.58. The SMILES string of the molecule is C=CCCC(C)S(=O)(=O)On1ccnc1. The van der Waals surface area contributed by atoms with Gasteiger partial charge in [0, 0.05) is 6.20 Å². The van der Waals surface area contributed by atoms with E-state index < -0.39 is 15.4 Å². The Labute approximate surface area is 89.5 Å². The van der Waals surface area contributed by atoms with Gasteiger partial charge in [-0.3, -0.25) is 4.28 Å². The zero-order valence-corrected chi connectivity index (χ0v) is 9.35. The molecule has 1 heterocycles. The zero-order valence-electron chi connectivity index (χ0n) is 8.54. The first-order valence-electron chi connectivity index (χ1n) is 4.59. The summed E-state index contributed by atoms with van der Waals surface area (Å²) in [4.78, 5) is 3.69. The summed E-state index contributed by atoms with van der Waals surface area (Å²) in [6, 6.07) is 0. The number of imidazole rings is 1. The second kappa shape index (κ2) is 4.97. The van der Waals surface area contributed by atoms with E-state index in [4.69, 9.17) is 4.28 Å². The maximum absolute atomic E-state index is 11.6. The van der Waals surface area contributed by atoms with E-state index in [-0.39, 0.29) is 0 Å². The molecule has 0 bridgehead atoms. The Bertz CT molecular complexity index is 397. The van der Waals surface area contributed by atoms with Crippen LogP contribution in [0, 0.1) is 0 Å². The van der Waals surface area contributed by atoms with Crippen molar-refractivity contribution in [2.75, 3.05) is 0 Å². The molecule has 5 nitrogen and oxygen atoms in total. The Balaban J connectivity index is 2.62. The molecule has 0 saturated carbocycles. The van der Waals surface area contributed by atoms with Crippen molar-refractivity contribution in [3.8, 4) is 0 Å². The van der Waals surface area contributed by atoms with Crippen LogP contribution in [0.5, 0.6) is 0 Å². The standard InChI is InChI=1S/C9H14N2O3S/c1-3-4-5-9(2)15(12,13)14-11-7-6-10-8-11/h3,6-9H,1,4-5H2,2H3. The molecule has 0 fully saturated rings. The summed E-state index contributed by atoms with van der Waals surface area (Å²) in [5.41, 5.74) is 0. The molecule has 0 aliphatic heterocycles. The van der Waals surface area contributed by atoms with Crippen LogP contribution in [-0.2, 0) is 10.1 Å². The van der Waals surface area contributed by atoms with Crippen LogP contribution in [0.15, 0.2) is 31.4 Å². The Hall–Kier alpha value is -1.30. The molecule has 0 N–H and O–H groups in total. The predicted octanol–water partition coefficient (Wildman–Crippen LogP) is 0.996. The number of aromatic nitrogens is 2. The van der Waals surface area contributed by atoms with E-state index in [1.165, 1.54) is 18.7 Å². The quantitative estimate of drug-likeness (QED) is 0.684. The van der Waals surface area contributed by atoms with Gasteiger partial charge in [-0.15, -0.1) is 6.58 Å². The van der Waals surface area contributed by atoms with Gasteiger partial charge in [-0.2, -0.15) is 13.1 Å². The van der Waals surface area contributed by atoms with E-state index in [2.05, 4.69) is 11.6 Å². The van der Waals surface area contributed by atoms with Gasteiger partial charge in [-0.25, -0.2) is 4.98 Å². The number of nitrogens with zero attached hydrogens (tertiary/aromatic N) is 2. The highest BCUT2D eigenvalue weighted by atomic mass is 32.2. The van der Waals surface area contributed by atoms with E-state index in [1.54, 1.807) is 13.0 Å². The number of rotatable bonds is 6. The van der Waals surface area contributed by atoms with Crippen molar-refractivity contribution in [1.82, 2.24) is 9.71 Å². The van der Waals surface area contributed by atoms with Gasteiger partial charge in [-0.1, -0.05) is 6.08 Å². The predicted molar refractivity (Wildman–Crippen MR) is 56.6 cm³/mol. The fourth-order valence-corrected chi connectivity index (χ4v) is 1.88. The lowest BCUT2D eigenvalue weighted by molar-refractivity contribution is 0.273. The van der Waals surface area contributed by atoms with Crippen LogP contribution in [-0.4, -0.2) is 23.4 Å². The second-order valence-electron chi connectivity index (χ2n) is 3.17. The lowest BCUT2D eigenvalue weighted by Crippen LogP contribution is -2.28. The third-order valence-corrected chi connectivity index (χ3v) is 3.54. The molecule has 1 atom stereocenters. The van der Waals surface area contributed by atoms with E-state index in [1.807, 2.05) is 0 Å². The van der Waals surface area contributed by atoms with Gasteiger partial charge in [0.15, 0.2) is 0 Å². The second-order valence-corrected chi connectivity index (χ2v) is 5.11. The van der Waals surface area contributed by atoms with Crippen LogP contribution in [0.3, 0.4) is 0 Å². The van der Waals surface area contributed by atoms with Crippen LogP contribution in [0.2, 0.25) is 0 Å². The molecule has 84 valence electrons. The van der Waals surface area contributed by atoms with E-state index >= 15 is 0 Å². The molecule has 0 saturated heterocycles. The molecule has 6 heteroatoms. The molecule has 1 rings (SSSR count). The van der Waals surface area contributed by atoms with Crippen molar-refractivity contribution < 1.29 is 12.7 Å². The zero-order chi connectivity index (χ0) is 11.3. The summed E-state index contributed by atoms with van der Waals surface area (Å²) in [6.07, 6.45) is 7.00. The van der Waals surface area contributed by atoms with Crippen molar-refractivity contribution in [3.63, 3.8) is 0 Å². The van der Waals surface area contributed by atoms with Crippen molar-refractivity contribution in [2.45, 2.75) is 25.0 Å². The highest BCUT2D eigenvalue weighted by molar-refractivity contribution is 7.87. The summed E-state index contributed by atoms with van der Waals surface area (Å²) in [6.45, 7) is 5.15. The Morgan fingerprint density at radius 1 is 1.67 bits per heavy atom. The lowest BCUT2D eigenvalue weighted by atomic mass is 10.2.